The normalized spacial score (nSPS) is 25.1. The molecule has 17 heavy (non-hydrogen) atoms. The van der Waals surface area contributed by atoms with Gasteiger partial charge in [0.2, 0.25) is 0 Å². The van der Waals surface area contributed by atoms with Crippen molar-refractivity contribution in [2.75, 3.05) is 25.1 Å². The highest BCUT2D eigenvalue weighted by atomic mass is 79.9. The first-order chi connectivity index (χ1) is 8.04. The third-order valence-electron chi connectivity index (χ3n) is 3.24. The third kappa shape index (κ3) is 2.77. The SMILES string of the molecule is COC1(C)CCCN(c2ncc(Br)cc2F)C1. The number of halogens is 2. The lowest BCUT2D eigenvalue weighted by Gasteiger charge is -2.40. The molecule has 0 bridgehead atoms. The zero-order chi connectivity index (χ0) is 12.5. The summed E-state index contributed by atoms with van der Waals surface area (Å²) in [7, 11) is 1.70. The van der Waals surface area contributed by atoms with E-state index in [0.29, 0.717) is 16.8 Å². The summed E-state index contributed by atoms with van der Waals surface area (Å²) in [5, 5.41) is 0. The number of methoxy groups -OCH3 is 1. The van der Waals surface area contributed by atoms with Gasteiger partial charge in [0.25, 0.3) is 0 Å². The topological polar surface area (TPSA) is 25.4 Å². The standard InChI is InChI=1S/C12H16BrFN2O/c1-12(17-2)4-3-5-16(8-12)11-10(14)6-9(13)7-15-11/h6-7H,3-5,8H2,1-2H3. The third-order valence-corrected chi connectivity index (χ3v) is 3.67. The van der Waals surface area contributed by atoms with Gasteiger partial charge in [0.15, 0.2) is 11.6 Å². The fourth-order valence-corrected chi connectivity index (χ4v) is 2.50. The Morgan fingerprint density at radius 2 is 2.35 bits per heavy atom. The first-order valence-corrected chi connectivity index (χ1v) is 6.44. The first kappa shape index (κ1) is 12.8. The quantitative estimate of drug-likeness (QED) is 0.840. The summed E-state index contributed by atoms with van der Waals surface area (Å²) in [5.41, 5.74) is -0.209. The van der Waals surface area contributed by atoms with E-state index in [1.165, 1.54) is 6.07 Å². The summed E-state index contributed by atoms with van der Waals surface area (Å²) in [6, 6.07) is 1.45. The van der Waals surface area contributed by atoms with Crippen LogP contribution in [0.15, 0.2) is 16.7 Å². The number of nitrogens with zero attached hydrogens (tertiary/aromatic N) is 2. The van der Waals surface area contributed by atoms with E-state index in [0.717, 1.165) is 19.4 Å². The predicted octanol–water partition coefficient (Wildman–Crippen LogP) is 2.99. The number of anilines is 1. The van der Waals surface area contributed by atoms with Crippen molar-refractivity contribution in [2.24, 2.45) is 0 Å². The van der Waals surface area contributed by atoms with E-state index in [4.69, 9.17) is 4.74 Å². The molecular weight excluding hydrogens is 287 g/mol. The van der Waals surface area contributed by atoms with Gasteiger partial charge in [-0.15, -0.1) is 0 Å². The Morgan fingerprint density at radius 1 is 1.59 bits per heavy atom. The molecule has 0 spiro atoms. The number of ether oxygens (including phenoxy) is 1. The van der Waals surface area contributed by atoms with Crippen LogP contribution < -0.4 is 4.90 Å². The molecular formula is C12H16BrFN2O. The van der Waals surface area contributed by atoms with Crippen LogP contribution in [0.2, 0.25) is 0 Å². The second-order valence-electron chi connectivity index (χ2n) is 4.64. The Bertz CT molecular complexity index is 415. The molecule has 0 radical (unpaired) electrons. The van der Waals surface area contributed by atoms with Gasteiger partial charge < -0.3 is 9.64 Å². The monoisotopic (exact) mass is 302 g/mol. The van der Waals surface area contributed by atoms with Crippen molar-refractivity contribution in [2.45, 2.75) is 25.4 Å². The number of hydrogen-bond donors (Lipinski definition) is 0. The molecule has 1 aromatic rings. The number of hydrogen-bond acceptors (Lipinski definition) is 3. The van der Waals surface area contributed by atoms with E-state index in [-0.39, 0.29) is 11.4 Å². The van der Waals surface area contributed by atoms with Crippen LogP contribution in [0.5, 0.6) is 0 Å². The average Bonchev–Trinajstić information content (AvgIpc) is 2.29. The maximum absolute atomic E-state index is 13.8. The minimum atomic E-state index is -0.292. The predicted molar refractivity (Wildman–Crippen MR) is 68.8 cm³/mol. The summed E-state index contributed by atoms with van der Waals surface area (Å²) in [4.78, 5) is 6.10. The minimum Gasteiger partial charge on any atom is -0.377 e. The van der Waals surface area contributed by atoms with Crippen molar-refractivity contribution < 1.29 is 9.13 Å². The second-order valence-corrected chi connectivity index (χ2v) is 5.55. The molecule has 0 aromatic carbocycles. The molecule has 1 aliphatic heterocycles. The molecule has 0 aliphatic carbocycles. The van der Waals surface area contributed by atoms with Crippen molar-refractivity contribution in [1.82, 2.24) is 4.98 Å². The smallest absolute Gasteiger partial charge is 0.166 e. The van der Waals surface area contributed by atoms with Gasteiger partial charge in [0.05, 0.1) is 5.60 Å². The van der Waals surface area contributed by atoms with Gasteiger partial charge in [0, 0.05) is 30.9 Å². The summed E-state index contributed by atoms with van der Waals surface area (Å²) in [5.74, 6) is 0.121. The highest BCUT2D eigenvalue weighted by molar-refractivity contribution is 9.10. The Hall–Kier alpha value is -0.680. The van der Waals surface area contributed by atoms with Gasteiger partial charge in [-0.2, -0.15) is 0 Å². The van der Waals surface area contributed by atoms with Crippen molar-refractivity contribution in [3.8, 4) is 0 Å². The maximum Gasteiger partial charge on any atom is 0.166 e. The summed E-state index contributed by atoms with van der Waals surface area (Å²) < 4.78 is 20.0. The van der Waals surface area contributed by atoms with E-state index in [9.17, 15) is 4.39 Å². The Kier molecular flexibility index (Phi) is 3.68. The molecule has 0 amide bonds. The molecule has 5 heteroatoms. The van der Waals surface area contributed by atoms with Crippen LogP contribution in [0, 0.1) is 5.82 Å². The number of aromatic nitrogens is 1. The lowest BCUT2D eigenvalue weighted by Crippen LogP contribution is -2.48. The highest BCUT2D eigenvalue weighted by Crippen LogP contribution is 2.29. The van der Waals surface area contributed by atoms with Crippen LogP contribution in [-0.4, -0.2) is 30.8 Å². The fourth-order valence-electron chi connectivity index (χ4n) is 2.19. The van der Waals surface area contributed by atoms with Crippen LogP contribution in [0.3, 0.4) is 0 Å². The zero-order valence-corrected chi connectivity index (χ0v) is 11.6. The average molecular weight is 303 g/mol. The van der Waals surface area contributed by atoms with Gasteiger partial charge in [-0.05, 0) is 41.8 Å². The maximum atomic E-state index is 13.8. The number of piperidine rings is 1. The zero-order valence-electron chi connectivity index (χ0n) is 10.0. The number of pyridine rings is 1. The van der Waals surface area contributed by atoms with Gasteiger partial charge in [-0.1, -0.05) is 0 Å². The summed E-state index contributed by atoms with van der Waals surface area (Å²) in [6.45, 7) is 3.55. The summed E-state index contributed by atoms with van der Waals surface area (Å²) in [6.07, 6.45) is 3.61. The van der Waals surface area contributed by atoms with Crippen LogP contribution in [0.1, 0.15) is 19.8 Å². The second kappa shape index (κ2) is 4.90. The van der Waals surface area contributed by atoms with Gasteiger partial charge in [-0.25, -0.2) is 9.37 Å². The van der Waals surface area contributed by atoms with Crippen LogP contribution in [0.25, 0.3) is 0 Å². The molecule has 94 valence electrons. The molecule has 2 heterocycles. The van der Waals surface area contributed by atoms with Crippen LogP contribution in [0.4, 0.5) is 10.2 Å². The molecule has 3 nitrogen and oxygen atoms in total. The highest BCUT2D eigenvalue weighted by Gasteiger charge is 2.32. The first-order valence-electron chi connectivity index (χ1n) is 5.65. The van der Waals surface area contributed by atoms with Crippen molar-refractivity contribution in [1.29, 1.82) is 0 Å². The van der Waals surface area contributed by atoms with E-state index >= 15 is 0 Å². The van der Waals surface area contributed by atoms with Gasteiger partial charge in [-0.3, -0.25) is 0 Å². The molecule has 1 fully saturated rings. The van der Waals surface area contributed by atoms with Crippen molar-refractivity contribution in [3.05, 3.63) is 22.6 Å². The van der Waals surface area contributed by atoms with Crippen LogP contribution >= 0.6 is 15.9 Å². The lowest BCUT2D eigenvalue weighted by atomic mass is 9.95. The molecule has 1 aliphatic rings. The van der Waals surface area contributed by atoms with E-state index in [1.54, 1.807) is 13.3 Å². The molecule has 1 unspecified atom stereocenters. The summed E-state index contributed by atoms with van der Waals surface area (Å²) >= 11 is 3.21. The molecule has 0 N–H and O–H groups in total. The molecule has 1 aromatic heterocycles. The van der Waals surface area contributed by atoms with E-state index in [2.05, 4.69) is 27.8 Å². The largest absolute Gasteiger partial charge is 0.377 e. The lowest BCUT2D eigenvalue weighted by molar-refractivity contribution is -0.00494. The van der Waals surface area contributed by atoms with Crippen molar-refractivity contribution in [3.63, 3.8) is 0 Å². The Morgan fingerprint density at radius 3 is 3.00 bits per heavy atom. The molecule has 1 saturated heterocycles. The van der Waals surface area contributed by atoms with Crippen molar-refractivity contribution >= 4 is 21.7 Å². The minimum absolute atomic E-state index is 0.209. The van der Waals surface area contributed by atoms with E-state index in [1.807, 2.05) is 4.90 Å². The molecule has 0 saturated carbocycles. The van der Waals surface area contributed by atoms with Gasteiger partial charge >= 0.3 is 0 Å². The van der Waals surface area contributed by atoms with Crippen LogP contribution in [-0.2, 0) is 4.74 Å². The molecule has 2 rings (SSSR count). The van der Waals surface area contributed by atoms with E-state index < -0.39 is 0 Å². The fraction of sp³-hybridized carbons (Fsp3) is 0.583. The van der Waals surface area contributed by atoms with Gasteiger partial charge in [0.1, 0.15) is 0 Å². The Balaban J connectivity index is 2.22. The Labute approximate surface area is 109 Å². The molecule has 1 atom stereocenters. The number of rotatable bonds is 2.